The van der Waals surface area contributed by atoms with Gasteiger partial charge in [-0.05, 0) is 153 Å². The molecule has 7 heteroatoms. The van der Waals surface area contributed by atoms with Crippen LogP contribution in [0.1, 0.15) is 33.4 Å². The molecule has 0 atom stereocenters. The SMILES string of the molecule is Cc1cc(C)c(N2c3ccc(Oc4ccccn4)cc3B3c4cc(-c5nc6ccccc6n5-c5ccccc5)ccc4N(c4c(C)cc(C)cc4C)c4cccc2c43)c(C)c1. The first-order valence-corrected chi connectivity index (χ1v) is 21.0. The molecule has 0 N–H and O–H groups in total. The number of benzene rings is 7. The number of rotatable bonds is 6. The van der Waals surface area contributed by atoms with E-state index in [1.165, 1.54) is 72.5 Å². The van der Waals surface area contributed by atoms with E-state index in [4.69, 9.17) is 9.72 Å². The zero-order valence-electron chi connectivity index (χ0n) is 35.2. The lowest BCUT2D eigenvalue weighted by Crippen LogP contribution is -2.61. The second kappa shape index (κ2) is 14.1. The van der Waals surface area contributed by atoms with Crippen LogP contribution >= 0.6 is 0 Å². The summed E-state index contributed by atoms with van der Waals surface area (Å²) in [7, 11) is 0. The maximum Gasteiger partial charge on any atom is 0.252 e. The van der Waals surface area contributed by atoms with Gasteiger partial charge in [-0.25, -0.2) is 9.97 Å². The Labute approximate surface area is 357 Å². The minimum Gasteiger partial charge on any atom is -0.439 e. The number of ether oxygens (including phenoxy) is 1. The molecule has 2 aromatic heterocycles. The molecule has 7 aromatic carbocycles. The van der Waals surface area contributed by atoms with Gasteiger partial charge in [-0.3, -0.25) is 4.57 Å². The molecule has 9 aromatic rings. The van der Waals surface area contributed by atoms with Crippen molar-refractivity contribution < 1.29 is 4.74 Å². The second-order valence-electron chi connectivity index (χ2n) is 16.7. The molecule has 0 amide bonds. The minimum atomic E-state index is -0.136. The Hall–Kier alpha value is -7.38. The monoisotopic (exact) mass is 789 g/mol. The summed E-state index contributed by atoms with van der Waals surface area (Å²) in [5.41, 5.74) is 22.2. The fourth-order valence-corrected chi connectivity index (χ4v) is 10.2. The summed E-state index contributed by atoms with van der Waals surface area (Å²) in [5, 5.41) is 0. The summed E-state index contributed by atoms with van der Waals surface area (Å²) >= 11 is 0. The van der Waals surface area contributed by atoms with Gasteiger partial charge in [-0.15, -0.1) is 0 Å². The standard InChI is InChI=1S/C54H44BN5O/c1-33-27-35(3)52(36(4)28-33)59-45-24-22-39(54-57-44-17-10-11-18-47(44)58(54)40-15-8-7-9-16-40)31-42(45)55-43-32-41(61-50-21-12-13-26-56-50)23-25-46(43)60(49-20-14-19-48(59)51(49)55)53-37(5)29-34(2)30-38(53)6/h7-32H,1-6H3. The molecule has 0 saturated heterocycles. The van der Waals surface area contributed by atoms with Gasteiger partial charge in [0.25, 0.3) is 6.71 Å². The number of aromatic nitrogens is 3. The van der Waals surface area contributed by atoms with Crippen LogP contribution in [0.15, 0.2) is 158 Å². The normalized spacial score (nSPS) is 12.7. The summed E-state index contributed by atoms with van der Waals surface area (Å²) < 4.78 is 8.83. The first-order chi connectivity index (χ1) is 29.7. The smallest absolute Gasteiger partial charge is 0.252 e. The molecule has 0 radical (unpaired) electrons. The van der Waals surface area contributed by atoms with Crippen LogP contribution in [0.4, 0.5) is 34.1 Å². The predicted molar refractivity (Wildman–Crippen MR) is 253 cm³/mol. The molecule has 0 spiro atoms. The number of hydrogen-bond donors (Lipinski definition) is 0. The van der Waals surface area contributed by atoms with Gasteiger partial charge in [0.15, 0.2) is 0 Å². The van der Waals surface area contributed by atoms with E-state index < -0.39 is 0 Å². The molecule has 6 nitrogen and oxygen atoms in total. The van der Waals surface area contributed by atoms with Crippen LogP contribution in [0.25, 0.3) is 28.1 Å². The van der Waals surface area contributed by atoms with Crippen molar-refractivity contribution in [2.45, 2.75) is 41.5 Å². The number of anilines is 6. The first-order valence-electron chi connectivity index (χ1n) is 21.0. The first kappa shape index (κ1) is 36.7. The topological polar surface area (TPSA) is 46.4 Å². The molecule has 2 aliphatic heterocycles. The summed E-state index contributed by atoms with van der Waals surface area (Å²) in [6, 6.07) is 54.4. The zero-order chi connectivity index (χ0) is 41.5. The maximum absolute atomic E-state index is 6.54. The highest BCUT2D eigenvalue weighted by Gasteiger charge is 2.44. The van der Waals surface area contributed by atoms with Crippen LogP contribution < -0.4 is 30.9 Å². The summed E-state index contributed by atoms with van der Waals surface area (Å²) in [5.74, 6) is 2.20. The molecule has 0 fully saturated rings. The van der Waals surface area contributed by atoms with Gasteiger partial charge in [-0.2, -0.15) is 0 Å². The van der Waals surface area contributed by atoms with Crippen LogP contribution in [-0.2, 0) is 0 Å². The molecule has 0 unspecified atom stereocenters. The van der Waals surface area contributed by atoms with Crippen molar-refractivity contribution in [2.75, 3.05) is 9.80 Å². The largest absolute Gasteiger partial charge is 0.439 e. The Morgan fingerprint density at radius 2 is 1.10 bits per heavy atom. The molecule has 11 rings (SSSR count). The van der Waals surface area contributed by atoms with E-state index in [1.807, 2.05) is 18.2 Å². The number of aryl methyl sites for hydroxylation is 6. The summed E-state index contributed by atoms with van der Waals surface area (Å²) in [6.45, 7) is 13.2. The van der Waals surface area contributed by atoms with E-state index in [0.717, 1.165) is 45.2 Å². The molecule has 294 valence electrons. The van der Waals surface area contributed by atoms with Crippen LogP contribution in [0.3, 0.4) is 0 Å². The highest BCUT2D eigenvalue weighted by Crippen LogP contribution is 2.48. The van der Waals surface area contributed by atoms with Crippen molar-refractivity contribution in [1.82, 2.24) is 14.5 Å². The molecule has 4 heterocycles. The van der Waals surface area contributed by atoms with Crippen molar-refractivity contribution >= 4 is 68.3 Å². The number of fused-ring (bicyclic) bond motifs is 5. The Bertz CT molecular complexity index is 3150. The van der Waals surface area contributed by atoms with E-state index in [1.54, 1.807) is 6.20 Å². The number of imidazole rings is 1. The van der Waals surface area contributed by atoms with Crippen molar-refractivity contribution in [1.29, 1.82) is 0 Å². The van der Waals surface area contributed by atoms with Crippen LogP contribution in [0.2, 0.25) is 0 Å². The Morgan fingerprint density at radius 1 is 0.508 bits per heavy atom. The molecule has 0 aliphatic carbocycles. The minimum absolute atomic E-state index is 0.136. The Kier molecular flexibility index (Phi) is 8.50. The lowest BCUT2D eigenvalue weighted by Gasteiger charge is -2.45. The van der Waals surface area contributed by atoms with Gasteiger partial charge in [0.2, 0.25) is 5.88 Å². The molecule has 0 bridgehead atoms. The summed E-state index contributed by atoms with van der Waals surface area (Å²) in [6.07, 6.45) is 1.77. The Balaban J connectivity index is 1.23. The lowest BCUT2D eigenvalue weighted by atomic mass is 9.33. The van der Waals surface area contributed by atoms with E-state index in [9.17, 15) is 0 Å². The van der Waals surface area contributed by atoms with Gasteiger partial charge in [0.05, 0.1) is 22.4 Å². The molecule has 2 aliphatic rings. The van der Waals surface area contributed by atoms with E-state index >= 15 is 0 Å². The third-order valence-electron chi connectivity index (χ3n) is 12.4. The van der Waals surface area contributed by atoms with Crippen LogP contribution in [-0.4, -0.2) is 21.2 Å². The summed E-state index contributed by atoms with van der Waals surface area (Å²) in [4.78, 5) is 14.9. The van der Waals surface area contributed by atoms with Crippen molar-refractivity contribution in [3.05, 3.63) is 191 Å². The predicted octanol–water partition coefficient (Wildman–Crippen LogP) is 11.8. The number of pyridine rings is 1. The van der Waals surface area contributed by atoms with E-state index in [-0.39, 0.29) is 6.71 Å². The van der Waals surface area contributed by atoms with Crippen molar-refractivity contribution in [3.8, 4) is 28.7 Å². The van der Waals surface area contributed by atoms with Crippen molar-refractivity contribution in [3.63, 3.8) is 0 Å². The highest BCUT2D eigenvalue weighted by atomic mass is 16.5. The second-order valence-corrected chi connectivity index (χ2v) is 16.7. The average molecular weight is 790 g/mol. The van der Waals surface area contributed by atoms with Gasteiger partial charge in [0, 0.05) is 46.3 Å². The van der Waals surface area contributed by atoms with Gasteiger partial charge in [0.1, 0.15) is 11.6 Å². The van der Waals surface area contributed by atoms with E-state index in [0.29, 0.717) is 5.88 Å². The molecular weight excluding hydrogens is 745 g/mol. The molecule has 0 saturated carbocycles. The Morgan fingerprint density at radius 3 is 1.74 bits per heavy atom. The zero-order valence-corrected chi connectivity index (χ0v) is 35.2. The quantitative estimate of drug-likeness (QED) is 0.157. The maximum atomic E-state index is 6.54. The van der Waals surface area contributed by atoms with Crippen LogP contribution in [0, 0.1) is 41.5 Å². The van der Waals surface area contributed by atoms with Gasteiger partial charge < -0.3 is 14.5 Å². The fraction of sp³-hybridized carbons (Fsp3) is 0.111. The molecule has 61 heavy (non-hydrogen) atoms. The van der Waals surface area contributed by atoms with Crippen molar-refractivity contribution in [2.24, 2.45) is 0 Å². The average Bonchev–Trinajstić information content (AvgIpc) is 3.65. The third-order valence-corrected chi connectivity index (χ3v) is 12.4. The number of nitrogens with zero attached hydrogens (tertiary/aromatic N) is 5. The molecular formula is C54H44BN5O. The van der Waals surface area contributed by atoms with E-state index in [2.05, 4.69) is 194 Å². The lowest BCUT2D eigenvalue weighted by molar-refractivity contribution is 0.463. The van der Waals surface area contributed by atoms with Gasteiger partial charge >= 0.3 is 0 Å². The highest BCUT2D eigenvalue weighted by molar-refractivity contribution is 7.00. The third kappa shape index (κ3) is 5.87. The number of para-hydroxylation sites is 3. The fourth-order valence-electron chi connectivity index (χ4n) is 10.2. The number of hydrogen-bond acceptors (Lipinski definition) is 5. The van der Waals surface area contributed by atoms with Crippen LogP contribution in [0.5, 0.6) is 11.6 Å². The van der Waals surface area contributed by atoms with Gasteiger partial charge in [-0.1, -0.05) is 83.9 Å².